The van der Waals surface area contributed by atoms with Gasteiger partial charge in [0.2, 0.25) is 0 Å². The van der Waals surface area contributed by atoms with E-state index in [1.807, 2.05) is 0 Å². The topological polar surface area (TPSA) is 64.6 Å². The summed E-state index contributed by atoms with van der Waals surface area (Å²) in [5.74, 6) is 0. The lowest BCUT2D eigenvalue weighted by molar-refractivity contribution is -0.786. The molecule has 26 heavy (non-hydrogen) atoms. The maximum absolute atomic E-state index is 4.73. The lowest BCUT2D eigenvalue weighted by Gasteiger charge is -2.03. The zero-order valence-electron chi connectivity index (χ0n) is 16.6. The van der Waals surface area contributed by atoms with Crippen molar-refractivity contribution in [3.63, 3.8) is 0 Å². The summed E-state index contributed by atoms with van der Waals surface area (Å²) in [6, 6.07) is 0. The number of unbranched alkanes of at least 4 members (excludes halogenated alkanes) is 13. The third-order valence-electron chi connectivity index (χ3n) is 3.97. The first-order valence-electron chi connectivity index (χ1n) is 10.1. The lowest BCUT2D eigenvalue weighted by atomic mass is 10.0. The summed E-state index contributed by atoms with van der Waals surface area (Å²) in [6.45, 7) is 4.44. The highest BCUT2D eigenvalue weighted by molar-refractivity contribution is 4.62. The van der Waals surface area contributed by atoms with Crippen LogP contribution < -0.4 is 0 Å². The molecule has 0 atom stereocenters. The molecule has 0 aliphatic heterocycles. The zero-order chi connectivity index (χ0) is 19.0. The van der Waals surface area contributed by atoms with E-state index in [2.05, 4.69) is 37.0 Å². The molecule has 0 rings (SSSR count). The summed E-state index contributed by atoms with van der Waals surface area (Å²) < 4.78 is 0. The fourth-order valence-corrected chi connectivity index (χ4v) is 2.54. The van der Waals surface area contributed by atoms with Crippen molar-refractivity contribution in [2.24, 2.45) is 0 Å². The average molecular weight is 379 g/mol. The molecule has 0 heterocycles. The molecule has 0 N–H and O–H groups in total. The van der Waals surface area contributed by atoms with Gasteiger partial charge in [0.05, 0.1) is 6.61 Å². The minimum atomic E-state index is 0.428. The van der Waals surface area contributed by atoms with E-state index in [-0.39, 0.29) is 0 Å². The van der Waals surface area contributed by atoms with Gasteiger partial charge in [0, 0.05) is 15.1 Å². The van der Waals surface area contributed by atoms with Crippen molar-refractivity contribution in [3.8, 4) is 0 Å². The van der Waals surface area contributed by atoms with Gasteiger partial charge in [-0.05, 0) is 29.5 Å². The molecule has 7 heteroatoms. The summed E-state index contributed by atoms with van der Waals surface area (Å²) in [4.78, 5) is 9.05. The third-order valence-corrected chi connectivity index (χ3v) is 3.97. The molecular formula is C19H38O7. The smallest absolute Gasteiger partial charge is 0.128 e. The molecule has 0 fully saturated rings. The summed E-state index contributed by atoms with van der Waals surface area (Å²) in [5.41, 5.74) is 0. The van der Waals surface area contributed by atoms with Crippen LogP contribution >= 0.6 is 0 Å². The fraction of sp³-hybridized carbons (Fsp3) is 0.895. The van der Waals surface area contributed by atoms with Gasteiger partial charge in [-0.15, -0.1) is 0 Å². The Hall–Kier alpha value is -0.700. The molecule has 0 amide bonds. The molecule has 7 nitrogen and oxygen atoms in total. The number of hydrogen-bond donors (Lipinski definition) is 0. The Labute approximate surface area is 158 Å². The van der Waals surface area contributed by atoms with Crippen LogP contribution in [0.1, 0.15) is 104 Å². The fourth-order valence-electron chi connectivity index (χ4n) is 2.54. The van der Waals surface area contributed by atoms with Crippen molar-refractivity contribution in [3.05, 3.63) is 12.3 Å². The third kappa shape index (κ3) is 23.3. The van der Waals surface area contributed by atoms with E-state index in [1.54, 1.807) is 13.0 Å². The van der Waals surface area contributed by atoms with Gasteiger partial charge in [-0.1, -0.05) is 90.4 Å². The first-order valence-corrected chi connectivity index (χ1v) is 10.1. The Kier molecular flexibility index (Phi) is 23.6. The molecule has 0 radical (unpaired) electrons. The van der Waals surface area contributed by atoms with Crippen LogP contribution in [-0.4, -0.2) is 6.61 Å². The maximum atomic E-state index is 4.73. The SMILES string of the molecule is CC=COOOOOOOCCCCCCCCCCCCCCCC. The molecule has 0 aliphatic carbocycles. The summed E-state index contributed by atoms with van der Waals surface area (Å²) in [5, 5.41) is 20.3. The average Bonchev–Trinajstić information content (AvgIpc) is 2.66. The largest absolute Gasteiger partial charge is 0.314 e. The Morgan fingerprint density at radius 2 is 1.00 bits per heavy atom. The maximum Gasteiger partial charge on any atom is 0.128 e. The highest BCUT2D eigenvalue weighted by atomic mass is 17.9. The van der Waals surface area contributed by atoms with Crippen LogP contribution in [0.3, 0.4) is 0 Å². The summed E-state index contributed by atoms with van der Waals surface area (Å²) in [6.07, 6.45) is 21.2. The van der Waals surface area contributed by atoms with Crippen molar-refractivity contribution in [1.29, 1.82) is 0 Å². The van der Waals surface area contributed by atoms with Crippen molar-refractivity contribution >= 4 is 0 Å². The molecule has 0 spiro atoms. The predicted molar refractivity (Wildman–Crippen MR) is 97.6 cm³/mol. The van der Waals surface area contributed by atoms with E-state index in [0.29, 0.717) is 6.61 Å². The second-order valence-corrected chi connectivity index (χ2v) is 6.32. The van der Waals surface area contributed by atoms with Gasteiger partial charge in [0.15, 0.2) is 0 Å². The molecule has 0 bridgehead atoms. The van der Waals surface area contributed by atoms with Crippen molar-refractivity contribution in [1.82, 2.24) is 0 Å². The molecule has 0 aliphatic rings. The van der Waals surface area contributed by atoms with Crippen molar-refractivity contribution in [2.75, 3.05) is 6.61 Å². The Balaban J connectivity index is 2.97. The van der Waals surface area contributed by atoms with Gasteiger partial charge < -0.3 is 4.89 Å². The molecular weight excluding hydrogens is 340 g/mol. The standard InChI is InChI=1S/C19H38O7/c1-3-5-6-7-8-9-10-11-12-13-14-15-16-17-19-21-23-25-26-24-22-20-18-4-2/h4,18H,3,5-17,19H2,1-2H3. The van der Waals surface area contributed by atoms with Crippen LogP contribution in [0.5, 0.6) is 0 Å². The molecule has 0 aromatic rings. The van der Waals surface area contributed by atoms with E-state index in [0.717, 1.165) is 12.8 Å². The van der Waals surface area contributed by atoms with Crippen LogP contribution in [0.15, 0.2) is 12.3 Å². The van der Waals surface area contributed by atoms with E-state index in [4.69, 9.17) is 4.89 Å². The van der Waals surface area contributed by atoms with Crippen molar-refractivity contribution < 1.29 is 35.0 Å². The van der Waals surface area contributed by atoms with E-state index >= 15 is 0 Å². The molecule has 156 valence electrons. The quantitative estimate of drug-likeness (QED) is 0.0909. The Morgan fingerprint density at radius 1 is 0.538 bits per heavy atom. The minimum Gasteiger partial charge on any atom is -0.314 e. The minimum absolute atomic E-state index is 0.428. The van der Waals surface area contributed by atoms with E-state index < -0.39 is 0 Å². The van der Waals surface area contributed by atoms with Gasteiger partial charge in [0.25, 0.3) is 0 Å². The molecule has 0 saturated carbocycles. The molecule has 0 saturated heterocycles. The Bertz CT molecular complexity index is 275. The van der Waals surface area contributed by atoms with Gasteiger partial charge in [-0.25, -0.2) is 4.89 Å². The normalized spacial score (nSPS) is 11.5. The second-order valence-electron chi connectivity index (χ2n) is 6.32. The van der Waals surface area contributed by atoms with Gasteiger partial charge in [-0.3, -0.25) is 0 Å². The predicted octanol–water partition coefficient (Wildman–Crippen LogP) is 6.61. The van der Waals surface area contributed by atoms with E-state index in [9.17, 15) is 0 Å². The molecule has 0 aromatic heterocycles. The molecule has 0 aromatic carbocycles. The number of rotatable bonds is 22. The Morgan fingerprint density at radius 3 is 1.54 bits per heavy atom. The van der Waals surface area contributed by atoms with E-state index in [1.165, 1.54) is 83.3 Å². The van der Waals surface area contributed by atoms with Gasteiger partial charge in [0.1, 0.15) is 6.26 Å². The first-order chi connectivity index (χ1) is 12.9. The lowest BCUT2D eigenvalue weighted by Crippen LogP contribution is -2.01. The monoisotopic (exact) mass is 378 g/mol. The van der Waals surface area contributed by atoms with Crippen LogP contribution in [0.4, 0.5) is 0 Å². The molecule has 0 unspecified atom stereocenters. The zero-order valence-corrected chi connectivity index (χ0v) is 16.6. The summed E-state index contributed by atoms with van der Waals surface area (Å²) in [7, 11) is 0. The van der Waals surface area contributed by atoms with Crippen LogP contribution in [0, 0.1) is 0 Å². The van der Waals surface area contributed by atoms with Crippen molar-refractivity contribution in [2.45, 2.75) is 104 Å². The first kappa shape index (κ1) is 25.3. The second kappa shape index (κ2) is 24.3. The van der Waals surface area contributed by atoms with Crippen LogP contribution in [0.2, 0.25) is 0 Å². The number of hydrogen-bond acceptors (Lipinski definition) is 7. The highest BCUT2D eigenvalue weighted by Gasteiger charge is 1.96. The number of allylic oxidation sites excluding steroid dienone is 1. The van der Waals surface area contributed by atoms with Gasteiger partial charge >= 0.3 is 0 Å². The highest BCUT2D eigenvalue weighted by Crippen LogP contribution is 2.12. The van der Waals surface area contributed by atoms with Gasteiger partial charge in [-0.2, -0.15) is 0 Å². The van der Waals surface area contributed by atoms with Crippen LogP contribution in [0.25, 0.3) is 0 Å². The van der Waals surface area contributed by atoms with Crippen LogP contribution in [-0.2, 0) is 35.0 Å². The summed E-state index contributed by atoms with van der Waals surface area (Å²) >= 11 is 0.